The van der Waals surface area contributed by atoms with Crippen LogP contribution in [-0.4, -0.2) is 46.9 Å². The second-order valence-electron chi connectivity index (χ2n) is 4.36. The van der Waals surface area contributed by atoms with Gasteiger partial charge in [0.1, 0.15) is 0 Å². The van der Waals surface area contributed by atoms with Gasteiger partial charge in [0.25, 0.3) is 0 Å². The first-order valence-corrected chi connectivity index (χ1v) is 6.02. The molecule has 0 saturated heterocycles. The van der Waals surface area contributed by atoms with E-state index in [9.17, 15) is 0 Å². The van der Waals surface area contributed by atoms with Crippen LogP contribution < -0.4 is 11.5 Å². The van der Waals surface area contributed by atoms with Crippen molar-refractivity contribution in [2.24, 2.45) is 16.9 Å². The summed E-state index contributed by atoms with van der Waals surface area (Å²) in [5, 5.41) is 34.0. The molecule has 0 atom stereocenters. The van der Waals surface area contributed by atoms with Crippen molar-refractivity contribution in [2.75, 3.05) is 26.4 Å². The van der Waals surface area contributed by atoms with E-state index in [-0.39, 0.29) is 0 Å². The zero-order chi connectivity index (χ0) is 14.7. The number of hydrogen-bond acceptors (Lipinski definition) is 6. The van der Waals surface area contributed by atoms with E-state index >= 15 is 0 Å². The van der Waals surface area contributed by atoms with Crippen LogP contribution >= 0.6 is 0 Å². The highest BCUT2D eigenvalue weighted by Gasteiger charge is 2.26. The monoisotopic (exact) mass is 272 g/mol. The van der Waals surface area contributed by atoms with Crippen LogP contribution in [0.5, 0.6) is 0 Å². The molecule has 19 heavy (non-hydrogen) atoms. The minimum atomic E-state index is -1.11. The smallest absolute Gasteiger partial charge is 0.0627 e. The third kappa shape index (κ3) is 6.11. The van der Waals surface area contributed by atoms with E-state index in [0.717, 1.165) is 11.1 Å². The summed E-state index contributed by atoms with van der Waals surface area (Å²) in [7, 11) is 0. The third-order valence-electron chi connectivity index (χ3n) is 2.80. The van der Waals surface area contributed by atoms with Gasteiger partial charge in [-0.25, -0.2) is 0 Å². The molecule has 0 aliphatic rings. The van der Waals surface area contributed by atoms with Crippen molar-refractivity contribution in [3.63, 3.8) is 0 Å². The molecule has 6 heteroatoms. The van der Waals surface area contributed by atoms with Crippen LogP contribution in [0.25, 0.3) is 0 Å². The maximum atomic E-state index is 8.50. The van der Waals surface area contributed by atoms with Crippen molar-refractivity contribution in [3.8, 4) is 0 Å². The Morgan fingerprint density at radius 2 is 1.16 bits per heavy atom. The lowest BCUT2D eigenvalue weighted by Crippen LogP contribution is -2.37. The second-order valence-corrected chi connectivity index (χ2v) is 4.36. The highest BCUT2D eigenvalue weighted by Crippen LogP contribution is 2.11. The first-order valence-electron chi connectivity index (χ1n) is 6.02. The molecular weight excluding hydrogens is 248 g/mol. The van der Waals surface area contributed by atoms with Crippen molar-refractivity contribution < 1.29 is 20.4 Å². The highest BCUT2D eigenvalue weighted by molar-refractivity contribution is 5.22. The fourth-order valence-corrected chi connectivity index (χ4v) is 1.18. The van der Waals surface area contributed by atoms with Gasteiger partial charge in [-0.1, -0.05) is 24.3 Å². The number of nitrogens with two attached hydrogens (primary N) is 2. The van der Waals surface area contributed by atoms with E-state index in [1.807, 2.05) is 24.3 Å². The van der Waals surface area contributed by atoms with Gasteiger partial charge < -0.3 is 31.9 Å². The van der Waals surface area contributed by atoms with Crippen LogP contribution in [0.4, 0.5) is 0 Å². The van der Waals surface area contributed by atoms with E-state index in [0.29, 0.717) is 13.1 Å². The fourth-order valence-electron chi connectivity index (χ4n) is 1.18. The SMILES string of the molecule is NCc1cccc(CN)c1.OCC(CO)(CO)CO. The zero-order valence-corrected chi connectivity index (χ0v) is 11.0. The fraction of sp³-hybridized carbons (Fsp3) is 0.538. The van der Waals surface area contributed by atoms with E-state index in [4.69, 9.17) is 31.9 Å². The Kier molecular flexibility index (Phi) is 9.32. The topological polar surface area (TPSA) is 133 Å². The van der Waals surface area contributed by atoms with Gasteiger partial charge in [0.15, 0.2) is 0 Å². The lowest BCUT2D eigenvalue weighted by atomic mass is 9.93. The molecule has 8 N–H and O–H groups in total. The van der Waals surface area contributed by atoms with Crippen LogP contribution in [0.15, 0.2) is 24.3 Å². The molecule has 0 aromatic heterocycles. The van der Waals surface area contributed by atoms with Crippen LogP contribution in [0.3, 0.4) is 0 Å². The average Bonchev–Trinajstić information content (AvgIpc) is 2.51. The van der Waals surface area contributed by atoms with Gasteiger partial charge in [-0.15, -0.1) is 0 Å². The normalized spacial score (nSPS) is 10.8. The Morgan fingerprint density at radius 1 is 0.789 bits per heavy atom. The molecule has 0 spiro atoms. The number of aliphatic hydroxyl groups excluding tert-OH is 4. The molecule has 1 rings (SSSR count). The van der Waals surface area contributed by atoms with Gasteiger partial charge in [-0.3, -0.25) is 0 Å². The minimum Gasteiger partial charge on any atom is -0.396 e. The van der Waals surface area contributed by atoms with Gasteiger partial charge in [0.05, 0.1) is 31.8 Å². The van der Waals surface area contributed by atoms with Gasteiger partial charge in [-0.05, 0) is 11.1 Å². The summed E-state index contributed by atoms with van der Waals surface area (Å²) in [5.41, 5.74) is 12.0. The van der Waals surface area contributed by atoms with Crippen molar-refractivity contribution in [1.29, 1.82) is 0 Å². The average molecular weight is 272 g/mol. The summed E-state index contributed by atoms with van der Waals surface area (Å²) >= 11 is 0. The zero-order valence-electron chi connectivity index (χ0n) is 11.0. The minimum absolute atomic E-state index is 0.406. The van der Waals surface area contributed by atoms with E-state index in [1.165, 1.54) is 0 Å². The molecule has 110 valence electrons. The first kappa shape index (κ1) is 18.0. The Hall–Kier alpha value is -1.02. The second kappa shape index (κ2) is 9.85. The number of hydrogen-bond donors (Lipinski definition) is 6. The molecule has 0 heterocycles. The number of rotatable bonds is 6. The summed E-state index contributed by atoms with van der Waals surface area (Å²) in [4.78, 5) is 0. The molecule has 0 unspecified atom stereocenters. The predicted octanol–water partition coefficient (Wildman–Crippen LogP) is -1.45. The summed E-state index contributed by atoms with van der Waals surface area (Å²) in [5.74, 6) is 0. The Labute approximate surface area is 113 Å². The molecule has 1 aromatic rings. The van der Waals surface area contributed by atoms with Crippen molar-refractivity contribution in [3.05, 3.63) is 35.4 Å². The van der Waals surface area contributed by atoms with Crippen molar-refractivity contribution >= 4 is 0 Å². The molecule has 0 bridgehead atoms. The molecular formula is C13H24N2O4. The van der Waals surface area contributed by atoms with Gasteiger partial charge >= 0.3 is 0 Å². The maximum Gasteiger partial charge on any atom is 0.0627 e. The summed E-state index contributed by atoms with van der Waals surface area (Å²) in [6.07, 6.45) is 0. The van der Waals surface area contributed by atoms with Gasteiger partial charge in [0, 0.05) is 13.1 Å². The van der Waals surface area contributed by atoms with Crippen molar-refractivity contribution in [2.45, 2.75) is 13.1 Å². The third-order valence-corrected chi connectivity index (χ3v) is 2.80. The molecule has 1 aromatic carbocycles. The van der Waals surface area contributed by atoms with Gasteiger partial charge in [0.2, 0.25) is 0 Å². The molecule has 0 aliphatic carbocycles. The lowest BCUT2D eigenvalue weighted by Gasteiger charge is -2.23. The molecule has 0 amide bonds. The van der Waals surface area contributed by atoms with E-state index in [2.05, 4.69) is 0 Å². The number of aliphatic hydroxyl groups is 4. The maximum absolute atomic E-state index is 8.50. The Bertz CT molecular complexity index is 306. The predicted molar refractivity (Wildman–Crippen MR) is 73.0 cm³/mol. The summed E-state index contributed by atoms with van der Waals surface area (Å²) in [6.45, 7) is -0.443. The standard InChI is InChI=1S/C8H12N2.C5H12O4/c9-5-7-2-1-3-8(4-7)6-10;6-1-5(2-7,3-8)4-9/h1-4H,5-6,9-10H2;6-9H,1-4H2. The quantitative estimate of drug-likeness (QED) is 0.375. The summed E-state index contributed by atoms with van der Waals surface area (Å²) in [6, 6.07) is 8.00. The van der Waals surface area contributed by atoms with E-state index < -0.39 is 31.8 Å². The van der Waals surface area contributed by atoms with Crippen LogP contribution in [0.2, 0.25) is 0 Å². The van der Waals surface area contributed by atoms with Crippen molar-refractivity contribution in [1.82, 2.24) is 0 Å². The molecule has 0 radical (unpaired) electrons. The highest BCUT2D eigenvalue weighted by atomic mass is 16.3. The lowest BCUT2D eigenvalue weighted by molar-refractivity contribution is -0.0328. The number of benzene rings is 1. The Morgan fingerprint density at radius 3 is 1.37 bits per heavy atom. The largest absolute Gasteiger partial charge is 0.396 e. The van der Waals surface area contributed by atoms with Crippen LogP contribution in [0.1, 0.15) is 11.1 Å². The molecule has 0 saturated carbocycles. The molecule has 0 fully saturated rings. The first-order chi connectivity index (χ1) is 9.11. The molecule has 0 aliphatic heterocycles. The van der Waals surface area contributed by atoms with Crippen LogP contribution in [-0.2, 0) is 13.1 Å². The Balaban J connectivity index is 0.000000344. The van der Waals surface area contributed by atoms with E-state index in [1.54, 1.807) is 0 Å². The van der Waals surface area contributed by atoms with Crippen LogP contribution in [0, 0.1) is 5.41 Å². The van der Waals surface area contributed by atoms with Gasteiger partial charge in [-0.2, -0.15) is 0 Å². The summed E-state index contributed by atoms with van der Waals surface area (Å²) < 4.78 is 0. The molecule has 6 nitrogen and oxygen atoms in total.